The zero-order chi connectivity index (χ0) is 15.0. The summed E-state index contributed by atoms with van der Waals surface area (Å²) in [5.74, 6) is 0.801. The second kappa shape index (κ2) is 5.27. The lowest BCUT2D eigenvalue weighted by Crippen LogP contribution is -2.40. The normalized spacial score (nSPS) is 26.1. The number of fused-ring (bicyclic) bond motifs is 1. The lowest BCUT2D eigenvalue weighted by atomic mass is 9.79. The van der Waals surface area contributed by atoms with E-state index < -0.39 is 10.5 Å². The fourth-order valence-electron chi connectivity index (χ4n) is 2.79. The first kappa shape index (κ1) is 14.3. The van der Waals surface area contributed by atoms with Crippen molar-refractivity contribution in [2.45, 2.75) is 38.2 Å². The van der Waals surface area contributed by atoms with Crippen LogP contribution in [0.25, 0.3) is 4.96 Å². The van der Waals surface area contributed by atoms with Crippen LogP contribution in [-0.4, -0.2) is 31.6 Å². The summed E-state index contributed by atoms with van der Waals surface area (Å²) in [6, 6.07) is 0. The predicted molar refractivity (Wildman–Crippen MR) is 80.8 cm³/mol. The fraction of sp³-hybridized carbons (Fsp3) is 0.615. The molecule has 3 rings (SSSR count). The maximum atomic E-state index is 11.2. The number of nitrogens with zero attached hydrogens (tertiary/aromatic N) is 3. The number of aliphatic hydroxyl groups is 1. The molecule has 0 saturated heterocycles. The van der Waals surface area contributed by atoms with E-state index in [9.17, 15) is 15.2 Å². The molecule has 2 aromatic rings. The number of hydrogen-bond donors (Lipinski definition) is 2. The molecule has 1 fully saturated rings. The van der Waals surface area contributed by atoms with Gasteiger partial charge in [-0.05, 0) is 36.5 Å². The molecular weight excluding hydrogens is 292 g/mol. The number of hydrogen-bond acceptors (Lipinski definition) is 6. The largest absolute Gasteiger partial charge is 0.388 e. The highest BCUT2D eigenvalue weighted by Crippen LogP contribution is 2.33. The number of nitrogens with one attached hydrogen (secondary N) is 1. The highest BCUT2D eigenvalue weighted by molar-refractivity contribution is 7.15. The third-order valence-corrected chi connectivity index (χ3v) is 4.96. The summed E-state index contributed by atoms with van der Waals surface area (Å²) in [6.07, 6.45) is 5.04. The SMILES string of the molecule is CC1CCC(O)(CNc2nc3sccn3c2[N+](=O)[O-])CC1. The first-order chi connectivity index (χ1) is 9.98. The van der Waals surface area contributed by atoms with Gasteiger partial charge in [0.2, 0.25) is 5.82 Å². The Bertz CT molecular complexity index is 657. The van der Waals surface area contributed by atoms with E-state index in [1.165, 1.54) is 15.7 Å². The molecule has 7 nitrogen and oxygen atoms in total. The summed E-state index contributed by atoms with van der Waals surface area (Å²) in [5.41, 5.74) is -0.794. The Hall–Kier alpha value is -1.67. The molecule has 114 valence electrons. The summed E-state index contributed by atoms with van der Waals surface area (Å²) in [5, 5.41) is 26.5. The van der Waals surface area contributed by atoms with E-state index in [0.717, 1.165) is 25.7 Å². The zero-order valence-corrected chi connectivity index (χ0v) is 12.6. The lowest BCUT2D eigenvalue weighted by molar-refractivity contribution is -0.389. The zero-order valence-electron chi connectivity index (χ0n) is 11.8. The van der Waals surface area contributed by atoms with E-state index >= 15 is 0 Å². The van der Waals surface area contributed by atoms with E-state index in [4.69, 9.17) is 0 Å². The van der Waals surface area contributed by atoms with Crippen LogP contribution in [0.5, 0.6) is 0 Å². The first-order valence-electron chi connectivity index (χ1n) is 7.05. The van der Waals surface area contributed by atoms with Gasteiger partial charge in [0.1, 0.15) is 6.20 Å². The number of aromatic nitrogens is 2. The molecule has 0 unspecified atom stereocenters. The Balaban J connectivity index is 1.77. The van der Waals surface area contributed by atoms with Crippen LogP contribution >= 0.6 is 11.3 Å². The van der Waals surface area contributed by atoms with Crippen LogP contribution < -0.4 is 5.32 Å². The van der Waals surface area contributed by atoms with Crippen molar-refractivity contribution in [3.8, 4) is 0 Å². The van der Waals surface area contributed by atoms with E-state index in [0.29, 0.717) is 17.4 Å². The van der Waals surface area contributed by atoms with Crippen molar-refractivity contribution >= 4 is 27.9 Å². The monoisotopic (exact) mass is 310 g/mol. The van der Waals surface area contributed by atoms with Crippen molar-refractivity contribution < 1.29 is 10.0 Å². The summed E-state index contributed by atoms with van der Waals surface area (Å²) < 4.78 is 1.46. The molecule has 1 aliphatic rings. The van der Waals surface area contributed by atoms with Crippen molar-refractivity contribution in [2.24, 2.45) is 5.92 Å². The van der Waals surface area contributed by atoms with E-state index in [-0.39, 0.29) is 11.6 Å². The minimum absolute atomic E-state index is 0.0703. The summed E-state index contributed by atoms with van der Waals surface area (Å²) in [6.45, 7) is 2.48. The molecule has 0 spiro atoms. The van der Waals surface area contributed by atoms with Gasteiger partial charge in [0.25, 0.3) is 4.96 Å². The first-order valence-corrected chi connectivity index (χ1v) is 7.93. The van der Waals surface area contributed by atoms with Gasteiger partial charge in [0.05, 0.1) is 5.60 Å². The van der Waals surface area contributed by atoms with Crippen LogP contribution in [0.3, 0.4) is 0 Å². The topological polar surface area (TPSA) is 92.7 Å². The van der Waals surface area contributed by atoms with Crippen LogP contribution in [0.4, 0.5) is 11.6 Å². The van der Waals surface area contributed by atoms with Gasteiger partial charge in [0.15, 0.2) is 0 Å². The van der Waals surface area contributed by atoms with E-state index in [1.807, 2.05) is 0 Å². The van der Waals surface area contributed by atoms with Crippen molar-refractivity contribution in [1.29, 1.82) is 0 Å². The molecule has 0 atom stereocenters. The summed E-state index contributed by atoms with van der Waals surface area (Å²) in [7, 11) is 0. The smallest absolute Gasteiger partial charge is 0.372 e. The molecule has 1 saturated carbocycles. The molecule has 2 aromatic heterocycles. The van der Waals surface area contributed by atoms with Crippen LogP contribution in [0.1, 0.15) is 32.6 Å². The Morgan fingerprint density at radius 2 is 2.33 bits per heavy atom. The molecule has 0 aromatic carbocycles. The van der Waals surface area contributed by atoms with Crippen molar-refractivity contribution in [1.82, 2.24) is 9.38 Å². The van der Waals surface area contributed by atoms with Crippen molar-refractivity contribution in [3.63, 3.8) is 0 Å². The minimum atomic E-state index is -0.794. The second-order valence-corrected chi connectivity index (χ2v) is 6.73. The highest BCUT2D eigenvalue weighted by atomic mass is 32.1. The molecule has 1 aliphatic carbocycles. The van der Waals surface area contributed by atoms with Crippen molar-refractivity contribution in [2.75, 3.05) is 11.9 Å². The molecule has 21 heavy (non-hydrogen) atoms. The average molecular weight is 310 g/mol. The number of nitro groups is 1. The Morgan fingerprint density at radius 3 is 3.00 bits per heavy atom. The van der Waals surface area contributed by atoms with Crippen LogP contribution in [-0.2, 0) is 0 Å². The Labute approximate surface area is 125 Å². The van der Waals surface area contributed by atoms with Gasteiger partial charge in [0, 0.05) is 11.9 Å². The van der Waals surface area contributed by atoms with Crippen LogP contribution in [0, 0.1) is 16.0 Å². The number of imidazole rings is 1. The molecule has 2 heterocycles. The third-order valence-electron chi connectivity index (χ3n) is 4.20. The maximum absolute atomic E-state index is 11.2. The van der Waals surface area contributed by atoms with Gasteiger partial charge in [-0.1, -0.05) is 18.3 Å². The van der Waals surface area contributed by atoms with Gasteiger partial charge in [-0.3, -0.25) is 0 Å². The highest BCUT2D eigenvalue weighted by Gasteiger charge is 2.33. The second-order valence-electron chi connectivity index (χ2n) is 5.86. The van der Waals surface area contributed by atoms with E-state index in [1.54, 1.807) is 11.6 Å². The molecular formula is C13H18N4O3S. The number of thiazole rings is 1. The van der Waals surface area contributed by atoms with Gasteiger partial charge in [-0.15, -0.1) is 0 Å². The standard InChI is InChI=1S/C13H18N4O3S/c1-9-2-4-13(18,5-3-9)8-14-10-11(17(19)20)16-6-7-21-12(16)15-10/h6-7,9,14,18H,2-5,8H2,1H3. The number of rotatable bonds is 4. The Morgan fingerprint density at radius 1 is 1.62 bits per heavy atom. The lowest BCUT2D eigenvalue weighted by Gasteiger charge is -2.34. The van der Waals surface area contributed by atoms with Gasteiger partial charge < -0.3 is 20.5 Å². The average Bonchev–Trinajstić information content (AvgIpc) is 3.00. The molecule has 0 radical (unpaired) electrons. The Kier molecular flexibility index (Phi) is 3.58. The maximum Gasteiger partial charge on any atom is 0.372 e. The fourth-order valence-corrected chi connectivity index (χ4v) is 3.50. The molecule has 8 heteroatoms. The van der Waals surface area contributed by atoms with Crippen LogP contribution in [0.15, 0.2) is 11.6 Å². The van der Waals surface area contributed by atoms with E-state index in [2.05, 4.69) is 17.2 Å². The quantitative estimate of drug-likeness (QED) is 0.669. The van der Waals surface area contributed by atoms with Gasteiger partial charge in [-0.2, -0.15) is 9.38 Å². The third kappa shape index (κ3) is 2.73. The summed E-state index contributed by atoms with van der Waals surface area (Å²) in [4.78, 5) is 15.6. The molecule has 0 amide bonds. The molecule has 0 bridgehead atoms. The van der Waals surface area contributed by atoms with Gasteiger partial charge in [-0.25, -0.2) is 0 Å². The summed E-state index contributed by atoms with van der Waals surface area (Å²) >= 11 is 1.35. The molecule has 2 N–H and O–H groups in total. The number of anilines is 1. The minimum Gasteiger partial charge on any atom is -0.388 e. The predicted octanol–water partition coefficient (Wildman–Crippen LogP) is 2.66. The molecule has 0 aliphatic heterocycles. The van der Waals surface area contributed by atoms with Gasteiger partial charge >= 0.3 is 5.82 Å². The van der Waals surface area contributed by atoms with Crippen LogP contribution in [0.2, 0.25) is 0 Å². The van der Waals surface area contributed by atoms with Crippen molar-refractivity contribution in [3.05, 3.63) is 21.7 Å².